The molecule has 0 amide bonds. The van der Waals surface area contributed by atoms with Gasteiger partial charge in [0.25, 0.3) is 5.56 Å². The Kier molecular flexibility index (Phi) is 5.08. The fourth-order valence-corrected chi connectivity index (χ4v) is 4.84. The third-order valence-corrected chi connectivity index (χ3v) is 6.29. The second kappa shape index (κ2) is 8.05. The van der Waals surface area contributed by atoms with E-state index >= 15 is 0 Å². The molecule has 4 heteroatoms. The lowest BCUT2D eigenvalue weighted by atomic mass is 9.79. The van der Waals surface area contributed by atoms with Gasteiger partial charge in [-0.2, -0.15) is 0 Å². The van der Waals surface area contributed by atoms with Crippen LogP contribution in [0, 0.1) is 6.92 Å². The normalized spacial score (nSPS) is 14.8. The van der Waals surface area contributed by atoms with Crippen LogP contribution in [0.1, 0.15) is 36.0 Å². The zero-order valence-electron chi connectivity index (χ0n) is 17.3. The molecule has 0 aliphatic heterocycles. The van der Waals surface area contributed by atoms with Crippen molar-refractivity contribution in [3.8, 4) is 0 Å². The summed E-state index contributed by atoms with van der Waals surface area (Å²) < 4.78 is 0. The van der Waals surface area contributed by atoms with Crippen LogP contribution in [0.3, 0.4) is 0 Å². The van der Waals surface area contributed by atoms with E-state index in [0.29, 0.717) is 5.39 Å². The van der Waals surface area contributed by atoms with Crippen LogP contribution in [0.5, 0.6) is 0 Å². The highest BCUT2D eigenvalue weighted by atomic mass is 32.1. The van der Waals surface area contributed by atoms with Crippen LogP contribution in [0.25, 0.3) is 27.2 Å². The predicted molar refractivity (Wildman–Crippen MR) is 133 cm³/mol. The van der Waals surface area contributed by atoms with Crippen LogP contribution in [-0.2, 0) is 0 Å². The van der Waals surface area contributed by atoms with Crippen molar-refractivity contribution in [2.75, 3.05) is 0 Å². The molecule has 0 atom stereocenters. The van der Waals surface area contributed by atoms with Gasteiger partial charge in [0.15, 0.2) is 0 Å². The van der Waals surface area contributed by atoms with E-state index in [0.717, 1.165) is 29.6 Å². The van der Waals surface area contributed by atoms with E-state index in [-0.39, 0.29) is 5.56 Å². The Morgan fingerprint density at radius 1 is 1.03 bits per heavy atom. The minimum absolute atomic E-state index is 0.0874. The number of benzene rings is 3. The standard InChI is InChI=1S/C19H16S.C8H6N2O/c1-12-6-8-16-14(10-12)7-9-17-15-5-3-2-4-13(15)11-18(20)19(16)17;11-8-6-3-1-2-4-7(6)9-5-10-8/h3,5-10H,2,4,11H2,1H3;1-5H,(H,9,10,11). The van der Waals surface area contributed by atoms with Crippen molar-refractivity contribution in [1.29, 1.82) is 0 Å². The van der Waals surface area contributed by atoms with E-state index in [9.17, 15) is 4.79 Å². The first-order valence-corrected chi connectivity index (χ1v) is 10.9. The first-order chi connectivity index (χ1) is 15.1. The molecule has 2 aliphatic rings. The number of rotatable bonds is 0. The van der Waals surface area contributed by atoms with E-state index in [2.05, 4.69) is 59.4 Å². The smallest absolute Gasteiger partial charge is 0.258 e. The highest BCUT2D eigenvalue weighted by Gasteiger charge is 2.23. The van der Waals surface area contributed by atoms with Gasteiger partial charge in [0.2, 0.25) is 0 Å². The quantitative estimate of drug-likeness (QED) is 0.338. The molecule has 1 aromatic heterocycles. The van der Waals surface area contributed by atoms with E-state index in [1.807, 2.05) is 18.2 Å². The van der Waals surface area contributed by atoms with Crippen molar-refractivity contribution in [3.05, 3.63) is 106 Å². The molecule has 0 spiro atoms. The summed E-state index contributed by atoms with van der Waals surface area (Å²) in [5.74, 6) is 0. The van der Waals surface area contributed by atoms with Gasteiger partial charge < -0.3 is 4.98 Å². The van der Waals surface area contributed by atoms with Gasteiger partial charge in [-0.15, -0.1) is 0 Å². The third-order valence-electron chi connectivity index (χ3n) is 5.94. The average molecular weight is 423 g/mol. The summed E-state index contributed by atoms with van der Waals surface area (Å²) >= 11 is 5.73. The molecular weight excluding hydrogens is 400 g/mol. The first-order valence-electron chi connectivity index (χ1n) is 10.5. The Hall–Kier alpha value is -3.37. The number of allylic oxidation sites excluding steroid dienone is 4. The number of thiocarbonyl (C=S) groups is 1. The molecule has 3 nitrogen and oxygen atoms in total. The van der Waals surface area contributed by atoms with E-state index in [4.69, 9.17) is 12.2 Å². The van der Waals surface area contributed by atoms with E-state index in [1.54, 1.807) is 6.07 Å². The summed E-state index contributed by atoms with van der Waals surface area (Å²) in [4.78, 5) is 18.7. The largest absolute Gasteiger partial charge is 0.313 e. The summed E-state index contributed by atoms with van der Waals surface area (Å²) in [5, 5.41) is 3.24. The molecule has 2 aliphatic carbocycles. The molecule has 0 unspecified atom stereocenters. The zero-order valence-corrected chi connectivity index (χ0v) is 18.1. The topological polar surface area (TPSA) is 45.8 Å². The Balaban J connectivity index is 0.000000157. The molecule has 0 saturated heterocycles. The SMILES string of the molecule is Cc1ccc2c3c(ccc2c1)C1=C(CCC=C1)CC3=S.O=c1[nH]cnc2ccccc12. The number of nitrogens with one attached hydrogen (secondary N) is 1. The highest BCUT2D eigenvalue weighted by Crippen LogP contribution is 2.40. The van der Waals surface area contributed by atoms with Crippen LogP contribution in [-0.4, -0.2) is 14.8 Å². The van der Waals surface area contributed by atoms with Crippen molar-refractivity contribution in [3.63, 3.8) is 0 Å². The molecule has 1 N–H and O–H groups in total. The number of aromatic amines is 1. The van der Waals surface area contributed by atoms with E-state index < -0.39 is 0 Å². The molecule has 0 bridgehead atoms. The molecule has 4 aromatic rings. The molecule has 0 saturated carbocycles. The Labute approximate surface area is 186 Å². The van der Waals surface area contributed by atoms with Gasteiger partial charge in [0, 0.05) is 16.8 Å². The predicted octanol–water partition coefficient (Wildman–Crippen LogP) is 6.30. The number of aromatic nitrogens is 2. The Morgan fingerprint density at radius 2 is 1.90 bits per heavy atom. The summed E-state index contributed by atoms with van der Waals surface area (Å²) in [6.07, 6.45) is 9.27. The minimum atomic E-state index is -0.0874. The second-order valence-electron chi connectivity index (χ2n) is 8.02. The van der Waals surface area contributed by atoms with Crippen molar-refractivity contribution in [1.82, 2.24) is 9.97 Å². The summed E-state index contributed by atoms with van der Waals surface area (Å²) in [6, 6.07) is 18.4. The molecule has 152 valence electrons. The summed E-state index contributed by atoms with van der Waals surface area (Å²) in [7, 11) is 0. The molecular formula is C27H22N2OS. The lowest BCUT2D eigenvalue weighted by Gasteiger charge is -2.26. The monoisotopic (exact) mass is 422 g/mol. The third kappa shape index (κ3) is 3.64. The van der Waals surface area contributed by atoms with Gasteiger partial charge in [-0.05, 0) is 53.8 Å². The molecule has 3 aromatic carbocycles. The van der Waals surface area contributed by atoms with Gasteiger partial charge in [0.05, 0.1) is 17.2 Å². The van der Waals surface area contributed by atoms with Crippen molar-refractivity contribution < 1.29 is 0 Å². The number of aryl methyl sites for hydroxylation is 1. The number of para-hydroxylation sites is 1. The van der Waals surface area contributed by atoms with Crippen LogP contribution in [0.15, 0.2) is 83.4 Å². The van der Waals surface area contributed by atoms with E-state index in [1.165, 1.54) is 44.9 Å². The maximum atomic E-state index is 11.1. The molecule has 6 rings (SSSR count). The van der Waals surface area contributed by atoms with Gasteiger partial charge in [0.1, 0.15) is 0 Å². The summed E-state index contributed by atoms with van der Waals surface area (Å²) in [5.41, 5.74) is 7.52. The lowest BCUT2D eigenvalue weighted by molar-refractivity contribution is 0.941. The average Bonchev–Trinajstić information content (AvgIpc) is 2.79. The molecule has 0 fully saturated rings. The summed E-state index contributed by atoms with van der Waals surface area (Å²) in [6.45, 7) is 2.14. The fourth-order valence-electron chi connectivity index (χ4n) is 4.45. The Morgan fingerprint density at radius 3 is 2.77 bits per heavy atom. The van der Waals surface area contributed by atoms with Crippen LogP contribution in [0.4, 0.5) is 0 Å². The zero-order chi connectivity index (χ0) is 21.4. The molecule has 1 heterocycles. The molecule has 31 heavy (non-hydrogen) atoms. The first kappa shape index (κ1) is 19.6. The van der Waals surface area contributed by atoms with Crippen LogP contribution < -0.4 is 5.56 Å². The number of H-pyrrole nitrogens is 1. The van der Waals surface area contributed by atoms with Gasteiger partial charge >= 0.3 is 0 Å². The molecule has 0 radical (unpaired) electrons. The van der Waals surface area contributed by atoms with Crippen molar-refractivity contribution in [2.24, 2.45) is 0 Å². The number of nitrogens with zero attached hydrogens (tertiary/aromatic N) is 1. The lowest BCUT2D eigenvalue weighted by Crippen LogP contribution is -2.13. The van der Waals surface area contributed by atoms with Gasteiger partial charge in [-0.1, -0.05) is 78.0 Å². The number of fused-ring (bicyclic) bond motifs is 5. The van der Waals surface area contributed by atoms with Gasteiger partial charge in [-0.3, -0.25) is 4.79 Å². The minimum Gasteiger partial charge on any atom is -0.313 e. The van der Waals surface area contributed by atoms with Crippen LogP contribution in [0.2, 0.25) is 0 Å². The van der Waals surface area contributed by atoms with Crippen LogP contribution >= 0.6 is 12.2 Å². The number of hydrogen-bond donors (Lipinski definition) is 1. The van der Waals surface area contributed by atoms with Crippen molar-refractivity contribution >= 4 is 44.3 Å². The fraction of sp³-hybridized carbons (Fsp3) is 0.148. The highest BCUT2D eigenvalue weighted by molar-refractivity contribution is 7.80. The maximum Gasteiger partial charge on any atom is 0.258 e. The number of hydrogen-bond acceptors (Lipinski definition) is 3. The second-order valence-corrected chi connectivity index (χ2v) is 8.51. The van der Waals surface area contributed by atoms with Gasteiger partial charge in [-0.25, -0.2) is 4.98 Å². The maximum absolute atomic E-state index is 11.1. The Bertz CT molecular complexity index is 1450. The van der Waals surface area contributed by atoms with Crippen molar-refractivity contribution in [2.45, 2.75) is 26.2 Å².